The molecule has 2 nitrogen and oxygen atoms in total. The van der Waals surface area contributed by atoms with Gasteiger partial charge in [-0.15, -0.1) is 0 Å². The van der Waals surface area contributed by atoms with Crippen LogP contribution in [0.15, 0.2) is 24.4 Å². The first kappa shape index (κ1) is 6.36. The molecule has 1 aliphatic heterocycles. The van der Waals surface area contributed by atoms with Crippen molar-refractivity contribution in [1.82, 2.24) is 4.90 Å². The molecule has 0 spiro atoms. The van der Waals surface area contributed by atoms with E-state index < -0.39 is 0 Å². The lowest BCUT2D eigenvalue weighted by molar-refractivity contribution is 0.266. The summed E-state index contributed by atoms with van der Waals surface area (Å²) in [6, 6.07) is 0. The lowest BCUT2D eigenvalue weighted by Crippen LogP contribution is -2.48. The van der Waals surface area contributed by atoms with Gasteiger partial charge in [0.05, 0.1) is 0 Å². The Kier molecular flexibility index (Phi) is 1.33. The van der Waals surface area contributed by atoms with Crippen molar-refractivity contribution < 1.29 is 0 Å². The Morgan fingerprint density at radius 3 is 2.44 bits per heavy atom. The lowest BCUT2D eigenvalue weighted by atomic mass is 10.1. The van der Waals surface area contributed by atoms with Crippen molar-refractivity contribution in [3.8, 4) is 0 Å². The van der Waals surface area contributed by atoms with Crippen LogP contribution in [0.2, 0.25) is 0 Å². The molecule has 0 bridgehead atoms. The maximum Gasteiger partial charge on any atom is 0.104 e. The fraction of sp³-hybridized carbons (Fsp3) is 0.429. The first-order chi connectivity index (χ1) is 4.13. The molecule has 9 heavy (non-hydrogen) atoms. The van der Waals surface area contributed by atoms with E-state index in [2.05, 4.69) is 0 Å². The van der Waals surface area contributed by atoms with Crippen molar-refractivity contribution >= 4 is 0 Å². The van der Waals surface area contributed by atoms with E-state index in [0.717, 1.165) is 0 Å². The third-order valence-corrected chi connectivity index (χ3v) is 1.61. The first-order valence-electron chi connectivity index (χ1n) is 3.01. The van der Waals surface area contributed by atoms with Gasteiger partial charge in [-0.3, -0.25) is 0 Å². The van der Waals surface area contributed by atoms with Crippen LogP contribution in [-0.4, -0.2) is 17.6 Å². The average molecular weight is 124 g/mol. The molecular formula is C7H12N2. The molecule has 0 amide bonds. The zero-order valence-electron chi connectivity index (χ0n) is 5.83. The summed E-state index contributed by atoms with van der Waals surface area (Å²) < 4.78 is 0. The second kappa shape index (κ2) is 1.88. The van der Waals surface area contributed by atoms with Crippen molar-refractivity contribution in [1.29, 1.82) is 0 Å². The summed E-state index contributed by atoms with van der Waals surface area (Å²) in [5.41, 5.74) is 5.51. The van der Waals surface area contributed by atoms with Crippen molar-refractivity contribution in [2.45, 2.75) is 12.6 Å². The molecule has 0 aromatic carbocycles. The minimum atomic E-state index is -0.297. The number of nitrogens with zero attached hydrogens (tertiary/aromatic N) is 1. The quantitative estimate of drug-likeness (QED) is 0.514. The molecule has 0 aliphatic carbocycles. The first-order valence-corrected chi connectivity index (χ1v) is 3.01. The summed E-state index contributed by atoms with van der Waals surface area (Å²) in [4.78, 5) is 1.97. The monoisotopic (exact) mass is 124 g/mol. The van der Waals surface area contributed by atoms with Gasteiger partial charge in [0.2, 0.25) is 0 Å². The Balaban J connectivity index is 2.78. The fourth-order valence-electron chi connectivity index (χ4n) is 0.707. The van der Waals surface area contributed by atoms with Gasteiger partial charge in [-0.1, -0.05) is 6.08 Å². The number of rotatable bonds is 0. The van der Waals surface area contributed by atoms with Crippen LogP contribution in [-0.2, 0) is 0 Å². The molecule has 1 rings (SSSR count). The topological polar surface area (TPSA) is 29.3 Å². The second-order valence-corrected chi connectivity index (χ2v) is 2.54. The molecule has 2 heteroatoms. The smallest absolute Gasteiger partial charge is 0.104 e. The highest BCUT2D eigenvalue weighted by Crippen LogP contribution is 2.11. The Morgan fingerprint density at radius 2 is 2.11 bits per heavy atom. The van der Waals surface area contributed by atoms with Crippen LogP contribution < -0.4 is 5.73 Å². The lowest BCUT2D eigenvalue weighted by Gasteiger charge is -2.33. The maximum absolute atomic E-state index is 5.81. The van der Waals surface area contributed by atoms with E-state index in [-0.39, 0.29) is 5.66 Å². The van der Waals surface area contributed by atoms with Crippen LogP contribution in [0.25, 0.3) is 0 Å². The fourth-order valence-corrected chi connectivity index (χ4v) is 0.707. The maximum atomic E-state index is 5.81. The highest BCUT2D eigenvalue weighted by atomic mass is 15.2. The minimum absolute atomic E-state index is 0.297. The molecule has 0 radical (unpaired) electrons. The zero-order chi connectivity index (χ0) is 6.91. The van der Waals surface area contributed by atoms with E-state index in [9.17, 15) is 0 Å². The van der Waals surface area contributed by atoms with Gasteiger partial charge in [-0.2, -0.15) is 0 Å². The van der Waals surface area contributed by atoms with Crippen molar-refractivity contribution in [2.24, 2.45) is 5.73 Å². The van der Waals surface area contributed by atoms with Gasteiger partial charge in [0.25, 0.3) is 0 Å². The van der Waals surface area contributed by atoms with Crippen molar-refractivity contribution in [3.63, 3.8) is 0 Å². The predicted molar refractivity (Wildman–Crippen MR) is 38.6 cm³/mol. The molecule has 50 valence electrons. The Hall–Kier alpha value is -0.760. The molecule has 0 saturated heterocycles. The van der Waals surface area contributed by atoms with Crippen LogP contribution in [0.1, 0.15) is 6.92 Å². The number of hydrogen-bond acceptors (Lipinski definition) is 2. The van der Waals surface area contributed by atoms with Crippen LogP contribution in [0.5, 0.6) is 0 Å². The third kappa shape index (κ3) is 1.13. The van der Waals surface area contributed by atoms with Crippen molar-refractivity contribution in [3.05, 3.63) is 24.4 Å². The summed E-state index contributed by atoms with van der Waals surface area (Å²) in [5.74, 6) is 0. The summed E-state index contributed by atoms with van der Waals surface area (Å²) in [5, 5.41) is 0. The van der Waals surface area contributed by atoms with E-state index in [1.54, 1.807) is 0 Å². The Labute approximate surface area is 55.6 Å². The number of nitrogens with two attached hydrogens (primary N) is 1. The van der Waals surface area contributed by atoms with Gasteiger partial charge < -0.3 is 10.6 Å². The summed E-state index contributed by atoms with van der Waals surface area (Å²) in [6.07, 6.45) is 7.85. The van der Waals surface area contributed by atoms with Gasteiger partial charge in [0.1, 0.15) is 5.66 Å². The molecule has 2 N–H and O–H groups in total. The van der Waals surface area contributed by atoms with Crippen LogP contribution in [0, 0.1) is 0 Å². The summed E-state index contributed by atoms with van der Waals surface area (Å²) in [6.45, 7) is 1.97. The number of likely N-dealkylation sites (N-methyl/N-ethyl adjacent to an activating group) is 1. The largest absolute Gasteiger partial charge is 0.360 e. The molecule has 1 unspecified atom stereocenters. The molecule has 1 atom stereocenters. The second-order valence-electron chi connectivity index (χ2n) is 2.54. The van der Waals surface area contributed by atoms with Gasteiger partial charge >= 0.3 is 0 Å². The third-order valence-electron chi connectivity index (χ3n) is 1.61. The van der Waals surface area contributed by atoms with Crippen LogP contribution in [0.3, 0.4) is 0 Å². The van der Waals surface area contributed by atoms with Crippen LogP contribution in [0.4, 0.5) is 0 Å². The molecule has 1 aliphatic rings. The van der Waals surface area contributed by atoms with Gasteiger partial charge in [0, 0.05) is 13.2 Å². The van der Waals surface area contributed by atoms with E-state index in [1.165, 1.54) is 0 Å². The molecular weight excluding hydrogens is 112 g/mol. The highest BCUT2D eigenvalue weighted by molar-refractivity contribution is 5.16. The SMILES string of the molecule is CN1C=CC=CC1(C)N. The molecule has 1 heterocycles. The Bertz CT molecular complexity index is 156. The molecule has 0 saturated carbocycles. The van der Waals surface area contributed by atoms with Gasteiger partial charge in [-0.25, -0.2) is 0 Å². The number of hydrogen-bond donors (Lipinski definition) is 1. The predicted octanol–water partition coefficient (Wildman–Crippen LogP) is 0.677. The molecule has 0 fully saturated rings. The van der Waals surface area contributed by atoms with Crippen LogP contribution >= 0.6 is 0 Å². The average Bonchev–Trinajstić information content (AvgIpc) is 1.77. The highest BCUT2D eigenvalue weighted by Gasteiger charge is 2.18. The number of allylic oxidation sites excluding steroid dienone is 2. The summed E-state index contributed by atoms with van der Waals surface area (Å²) >= 11 is 0. The van der Waals surface area contributed by atoms with E-state index >= 15 is 0 Å². The van der Waals surface area contributed by atoms with E-state index in [4.69, 9.17) is 5.73 Å². The van der Waals surface area contributed by atoms with E-state index in [1.807, 2.05) is 43.3 Å². The standard InChI is InChI=1S/C7H12N2/c1-7(8)5-3-4-6-9(7)2/h3-6H,8H2,1-2H3. The minimum Gasteiger partial charge on any atom is -0.360 e. The van der Waals surface area contributed by atoms with Gasteiger partial charge in [0.15, 0.2) is 0 Å². The summed E-state index contributed by atoms with van der Waals surface area (Å²) in [7, 11) is 1.96. The van der Waals surface area contributed by atoms with Crippen molar-refractivity contribution in [2.75, 3.05) is 7.05 Å². The molecule has 0 aromatic rings. The zero-order valence-corrected chi connectivity index (χ0v) is 5.83. The normalized spacial score (nSPS) is 33.4. The Morgan fingerprint density at radius 1 is 1.44 bits per heavy atom. The van der Waals surface area contributed by atoms with E-state index in [0.29, 0.717) is 0 Å². The van der Waals surface area contributed by atoms with Gasteiger partial charge in [-0.05, 0) is 19.1 Å². The molecule has 0 aromatic heterocycles.